The van der Waals surface area contributed by atoms with Crippen molar-refractivity contribution in [1.82, 2.24) is 9.97 Å². The van der Waals surface area contributed by atoms with E-state index in [1.54, 1.807) is 0 Å². The molecule has 0 aliphatic rings. The lowest BCUT2D eigenvalue weighted by atomic mass is 10.2. The van der Waals surface area contributed by atoms with Crippen LogP contribution in [-0.4, -0.2) is 15.9 Å². The number of rotatable bonds is 7. The fraction of sp³-hybridized carbons (Fsp3) is 0.105. The van der Waals surface area contributed by atoms with E-state index in [0.29, 0.717) is 0 Å². The van der Waals surface area contributed by atoms with Gasteiger partial charge in [0.15, 0.2) is 5.69 Å². The van der Waals surface area contributed by atoms with Gasteiger partial charge < -0.3 is 14.0 Å². The lowest BCUT2D eigenvalue weighted by Crippen LogP contribution is -2.10. The molecule has 6 nitrogen and oxygen atoms in total. The molecule has 1 heterocycles. The summed E-state index contributed by atoms with van der Waals surface area (Å²) >= 11 is 0. The van der Waals surface area contributed by atoms with Crippen LogP contribution in [0.4, 0.5) is 0 Å². The van der Waals surface area contributed by atoms with Crippen LogP contribution < -0.4 is 9.26 Å². The highest BCUT2D eigenvalue weighted by molar-refractivity contribution is 7.10. The SMILES string of the molecule is O=C(OCc1ccccc1)c1ncnc(OCc2ccccc2)c1OP. The largest absolute Gasteiger partial charge is 0.472 e. The average molecular weight is 368 g/mol. The van der Waals surface area contributed by atoms with Crippen molar-refractivity contribution in [1.29, 1.82) is 0 Å². The first-order valence-electron chi connectivity index (χ1n) is 7.87. The lowest BCUT2D eigenvalue weighted by molar-refractivity contribution is 0.0462. The average Bonchev–Trinajstić information content (AvgIpc) is 2.71. The quantitative estimate of drug-likeness (QED) is 0.469. The van der Waals surface area contributed by atoms with Crippen LogP contribution in [0.2, 0.25) is 0 Å². The van der Waals surface area contributed by atoms with E-state index in [4.69, 9.17) is 14.0 Å². The Morgan fingerprint density at radius 1 is 0.885 bits per heavy atom. The Kier molecular flexibility index (Phi) is 6.12. The second kappa shape index (κ2) is 8.92. The number of aromatic nitrogens is 2. The Bertz CT molecular complexity index is 860. The molecule has 0 aliphatic carbocycles. The first-order chi connectivity index (χ1) is 12.8. The molecule has 1 unspecified atom stereocenters. The fourth-order valence-electron chi connectivity index (χ4n) is 2.23. The minimum Gasteiger partial charge on any atom is -0.472 e. The van der Waals surface area contributed by atoms with Crippen LogP contribution in [0.25, 0.3) is 0 Å². The van der Waals surface area contributed by atoms with E-state index in [1.807, 2.05) is 60.7 Å². The van der Waals surface area contributed by atoms with Crippen LogP contribution in [0.5, 0.6) is 11.6 Å². The van der Waals surface area contributed by atoms with Crippen molar-refractivity contribution in [2.45, 2.75) is 13.2 Å². The number of nitrogens with zero attached hydrogens (tertiary/aromatic N) is 2. The van der Waals surface area contributed by atoms with Gasteiger partial charge in [-0.1, -0.05) is 60.7 Å². The Hall–Kier alpha value is -2.98. The maximum absolute atomic E-state index is 12.4. The van der Waals surface area contributed by atoms with Gasteiger partial charge in [-0.25, -0.2) is 9.78 Å². The van der Waals surface area contributed by atoms with Gasteiger partial charge in [0.2, 0.25) is 5.75 Å². The molecule has 0 bridgehead atoms. The molecular weight excluding hydrogens is 351 g/mol. The van der Waals surface area contributed by atoms with E-state index in [2.05, 4.69) is 19.4 Å². The molecule has 2 aromatic carbocycles. The van der Waals surface area contributed by atoms with Crippen molar-refractivity contribution in [3.8, 4) is 11.6 Å². The zero-order valence-corrected chi connectivity index (χ0v) is 15.0. The van der Waals surface area contributed by atoms with Crippen molar-refractivity contribution < 1.29 is 18.8 Å². The summed E-state index contributed by atoms with van der Waals surface area (Å²) in [6.45, 7) is 0.428. The van der Waals surface area contributed by atoms with Crippen LogP contribution in [0.15, 0.2) is 67.0 Å². The summed E-state index contributed by atoms with van der Waals surface area (Å²) in [5, 5.41) is 0. The third-order valence-electron chi connectivity index (χ3n) is 3.51. The highest BCUT2D eigenvalue weighted by atomic mass is 31.0. The second-order valence-corrected chi connectivity index (χ2v) is 5.55. The number of carbonyl (C=O) groups excluding carboxylic acids is 1. The highest BCUT2D eigenvalue weighted by Gasteiger charge is 2.21. The van der Waals surface area contributed by atoms with Gasteiger partial charge in [0.25, 0.3) is 5.88 Å². The number of carbonyl (C=O) groups is 1. The van der Waals surface area contributed by atoms with Crippen molar-refractivity contribution >= 4 is 15.4 Å². The zero-order valence-electron chi connectivity index (χ0n) is 13.9. The summed E-state index contributed by atoms with van der Waals surface area (Å²) in [5.41, 5.74) is 1.85. The molecule has 7 heteroatoms. The molecule has 0 radical (unpaired) electrons. The Morgan fingerprint density at radius 3 is 2.12 bits per heavy atom. The van der Waals surface area contributed by atoms with Crippen molar-refractivity contribution in [2.75, 3.05) is 0 Å². The minimum atomic E-state index is -0.613. The molecule has 0 spiro atoms. The molecule has 3 aromatic rings. The molecule has 1 aromatic heterocycles. The molecule has 0 saturated carbocycles. The third-order valence-corrected chi connectivity index (χ3v) is 3.75. The standard InChI is InChI=1S/C19H17N2O4P/c22-19(24-12-15-9-5-2-6-10-15)16-17(25-26)18(21-13-20-16)23-11-14-7-3-1-4-8-14/h1-10,13H,11-12,26H2. The topological polar surface area (TPSA) is 70.5 Å². The fourth-order valence-corrected chi connectivity index (χ4v) is 2.44. The zero-order chi connectivity index (χ0) is 18.2. The predicted molar refractivity (Wildman–Crippen MR) is 98.7 cm³/mol. The van der Waals surface area contributed by atoms with Crippen LogP contribution in [0.3, 0.4) is 0 Å². The summed E-state index contributed by atoms with van der Waals surface area (Å²) in [5.74, 6) is -0.324. The number of hydrogen-bond acceptors (Lipinski definition) is 6. The van der Waals surface area contributed by atoms with Crippen molar-refractivity contribution in [3.05, 3.63) is 83.8 Å². The number of hydrogen-bond donors (Lipinski definition) is 0. The second-order valence-electron chi connectivity index (χ2n) is 5.31. The maximum Gasteiger partial charge on any atom is 0.361 e. The molecule has 132 valence electrons. The molecule has 3 rings (SSSR count). The van der Waals surface area contributed by atoms with E-state index >= 15 is 0 Å². The smallest absolute Gasteiger partial charge is 0.361 e. The summed E-state index contributed by atoms with van der Waals surface area (Å²) in [7, 11) is 2.08. The molecule has 26 heavy (non-hydrogen) atoms. The van der Waals surface area contributed by atoms with E-state index < -0.39 is 5.97 Å². The molecule has 1 atom stereocenters. The first kappa shape index (κ1) is 17.8. The molecule has 0 amide bonds. The Balaban J connectivity index is 1.71. The molecule has 0 saturated heterocycles. The predicted octanol–water partition coefficient (Wildman–Crippen LogP) is 3.58. The Labute approximate surface area is 153 Å². The van der Waals surface area contributed by atoms with E-state index in [9.17, 15) is 4.79 Å². The van der Waals surface area contributed by atoms with Crippen LogP contribution >= 0.6 is 9.47 Å². The number of benzene rings is 2. The lowest BCUT2D eigenvalue weighted by Gasteiger charge is -2.12. The van der Waals surface area contributed by atoms with Gasteiger partial charge in [-0.15, -0.1) is 0 Å². The normalized spacial score (nSPS) is 10.2. The summed E-state index contributed by atoms with van der Waals surface area (Å²) in [6, 6.07) is 19.0. The monoisotopic (exact) mass is 368 g/mol. The molecule has 0 fully saturated rings. The maximum atomic E-state index is 12.4. The first-order valence-corrected chi connectivity index (χ1v) is 8.34. The third kappa shape index (κ3) is 4.55. The van der Waals surface area contributed by atoms with Gasteiger partial charge in [-0.3, -0.25) is 0 Å². The van der Waals surface area contributed by atoms with Crippen LogP contribution in [0.1, 0.15) is 21.6 Å². The summed E-state index contributed by atoms with van der Waals surface area (Å²) < 4.78 is 16.2. The van der Waals surface area contributed by atoms with Gasteiger partial charge in [-0.05, 0) is 11.1 Å². The van der Waals surface area contributed by atoms with E-state index in [1.165, 1.54) is 6.33 Å². The van der Waals surface area contributed by atoms with Gasteiger partial charge in [0.1, 0.15) is 19.5 Å². The van der Waals surface area contributed by atoms with Crippen molar-refractivity contribution in [3.63, 3.8) is 0 Å². The van der Waals surface area contributed by atoms with E-state index in [0.717, 1.165) is 11.1 Å². The van der Waals surface area contributed by atoms with E-state index in [-0.39, 0.29) is 30.5 Å². The molecule has 0 N–H and O–H groups in total. The van der Waals surface area contributed by atoms with Gasteiger partial charge in [-0.2, -0.15) is 4.98 Å². The van der Waals surface area contributed by atoms with Gasteiger partial charge in [0.05, 0.1) is 9.47 Å². The van der Waals surface area contributed by atoms with Gasteiger partial charge in [0, 0.05) is 0 Å². The minimum absolute atomic E-state index is 0.00833. The number of ether oxygens (including phenoxy) is 2. The van der Waals surface area contributed by atoms with Crippen LogP contribution in [0, 0.1) is 0 Å². The summed E-state index contributed by atoms with van der Waals surface area (Å²) in [6.07, 6.45) is 1.24. The van der Waals surface area contributed by atoms with Gasteiger partial charge >= 0.3 is 5.97 Å². The van der Waals surface area contributed by atoms with Crippen molar-refractivity contribution in [2.24, 2.45) is 0 Å². The highest BCUT2D eigenvalue weighted by Crippen LogP contribution is 2.30. The number of esters is 1. The van der Waals surface area contributed by atoms with Crippen LogP contribution in [-0.2, 0) is 18.0 Å². The Morgan fingerprint density at radius 2 is 1.50 bits per heavy atom. The molecular formula is C19H17N2O4P. The summed E-state index contributed by atoms with van der Waals surface area (Å²) in [4.78, 5) is 20.4. The molecule has 0 aliphatic heterocycles.